The van der Waals surface area contributed by atoms with Crippen molar-refractivity contribution in [3.05, 3.63) is 0 Å². The van der Waals surface area contributed by atoms with Gasteiger partial charge in [-0.2, -0.15) is 0 Å². The van der Waals surface area contributed by atoms with Crippen molar-refractivity contribution in [1.29, 1.82) is 0 Å². The topological polar surface area (TPSA) is 12.0 Å². The van der Waals surface area contributed by atoms with Crippen molar-refractivity contribution in [2.75, 3.05) is 6.54 Å². The SMILES string of the molecule is CCCCCNC12CC(C)CC3CC(C1)C32. The predicted molar refractivity (Wildman–Crippen MR) is 68.4 cm³/mol. The maximum absolute atomic E-state index is 3.96. The maximum atomic E-state index is 3.96. The molecule has 16 heavy (non-hydrogen) atoms. The summed E-state index contributed by atoms with van der Waals surface area (Å²) in [7, 11) is 0. The monoisotopic (exact) mass is 221 g/mol. The molecule has 92 valence electrons. The highest BCUT2D eigenvalue weighted by atomic mass is 15.0. The fraction of sp³-hybridized carbons (Fsp3) is 1.00. The molecule has 0 aromatic rings. The lowest BCUT2D eigenvalue weighted by Gasteiger charge is -2.70. The lowest BCUT2D eigenvalue weighted by molar-refractivity contribution is -0.168. The average Bonchev–Trinajstić information content (AvgIpc) is 2.18. The number of unbranched alkanes of at least 4 members (excludes halogenated alkanes) is 2. The van der Waals surface area contributed by atoms with Crippen LogP contribution in [-0.4, -0.2) is 12.1 Å². The van der Waals surface area contributed by atoms with E-state index < -0.39 is 0 Å². The summed E-state index contributed by atoms with van der Waals surface area (Å²) in [6.07, 6.45) is 10.2. The fourth-order valence-electron chi connectivity index (χ4n) is 5.09. The van der Waals surface area contributed by atoms with E-state index in [1.165, 1.54) is 45.1 Å². The molecule has 0 aliphatic heterocycles. The molecule has 0 spiro atoms. The molecular weight excluding hydrogens is 194 g/mol. The fourth-order valence-corrected chi connectivity index (χ4v) is 5.09. The van der Waals surface area contributed by atoms with Crippen molar-refractivity contribution in [3.8, 4) is 0 Å². The Morgan fingerprint density at radius 2 is 2.00 bits per heavy atom. The summed E-state index contributed by atoms with van der Waals surface area (Å²) >= 11 is 0. The summed E-state index contributed by atoms with van der Waals surface area (Å²) in [6, 6.07) is 0. The van der Waals surface area contributed by atoms with E-state index >= 15 is 0 Å². The quantitative estimate of drug-likeness (QED) is 0.700. The van der Waals surface area contributed by atoms with Crippen molar-refractivity contribution >= 4 is 0 Å². The van der Waals surface area contributed by atoms with Crippen LogP contribution in [-0.2, 0) is 0 Å². The first-order valence-electron chi connectivity index (χ1n) is 7.50. The molecule has 5 unspecified atom stereocenters. The third-order valence-electron chi connectivity index (χ3n) is 5.56. The molecule has 1 heteroatoms. The van der Waals surface area contributed by atoms with Crippen LogP contribution in [0.1, 0.15) is 58.8 Å². The first kappa shape index (κ1) is 11.1. The van der Waals surface area contributed by atoms with E-state index in [0.717, 1.165) is 23.7 Å². The molecule has 1 N–H and O–H groups in total. The van der Waals surface area contributed by atoms with Crippen LogP contribution in [0.2, 0.25) is 0 Å². The van der Waals surface area contributed by atoms with Gasteiger partial charge in [0.05, 0.1) is 0 Å². The van der Waals surface area contributed by atoms with Crippen molar-refractivity contribution in [3.63, 3.8) is 0 Å². The minimum Gasteiger partial charge on any atom is -0.311 e. The van der Waals surface area contributed by atoms with E-state index in [9.17, 15) is 0 Å². The minimum absolute atomic E-state index is 0.610. The Labute approximate surface area is 100 Å². The molecular formula is C15H27N. The lowest BCUT2D eigenvalue weighted by Crippen LogP contribution is -2.73. The second-order valence-electron chi connectivity index (χ2n) is 6.82. The smallest absolute Gasteiger partial charge is 0.0220 e. The van der Waals surface area contributed by atoms with Crippen molar-refractivity contribution < 1.29 is 0 Å². The van der Waals surface area contributed by atoms with Crippen LogP contribution in [0.15, 0.2) is 0 Å². The Morgan fingerprint density at radius 1 is 1.12 bits per heavy atom. The maximum Gasteiger partial charge on any atom is 0.0220 e. The van der Waals surface area contributed by atoms with Crippen molar-refractivity contribution in [2.45, 2.75) is 64.3 Å². The van der Waals surface area contributed by atoms with Gasteiger partial charge in [-0.1, -0.05) is 26.7 Å². The number of hydrogen-bond donors (Lipinski definition) is 1. The highest BCUT2D eigenvalue weighted by Gasteiger charge is 2.64. The first-order chi connectivity index (χ1) is 7.75. The molecule has 1 nitrogen and oxygen atoms in total. The van der Waals surface area contributed by atoms with E-state index in [0.29, 0.717) is 5.54 Å². The highest BCUT2D eigenvalue weighted by Crippen LogP contribution is 2.66. The molecule has 3 fully saturated rings. The Morgan fingerprint density at radius 3 is 2.75 bits per heavy atom. The van der Waals surface area contributed by atoms with Gasteiger partial charge in [-0.3, -0.25) is 0 Å². The molecule has 5 atom stereocenters. The Kier molecular flexibility index (Phi) is 2.78. The molecule has 0 aromatic heterocycles. The van der Waals surface area contributed by atoms with Gasteiger partial charge in [-0.15, -0.1) is 0 Å². The van der Waals surface area contributed by atoms with Gasteiger partial charge in [0.1, 0.15) is 0 Å². The van der Waals surface area contributed by atoms with Crippen LogP contribution in [0.4, 0.5) is 0 Å². The van der Waals surface area contributed by atoms with Gasteiger partial charge in [-0.25, -0.2) is 0 Å². The minimum atomic E-state index is 0.610. The van der Waals surface area contributed by atoms with Crippen LogP contribution in [0.25, 0.3) is 0 Å². The third-order valence-corrected chi connectivity index (χ3v) is 5.56. The molecule has 0 amide bonds. The third kappa shape index (κ3) is 1.54. The van der Waals surface area contributed by atoms with Gasteiger partial charge < -0.3 is 5.32 Å². The largest absolute Gasteiger partial charge is 0.311 e. The van der Waals surface area contributed by atoms with E-state index in [-0.39, 0.29) is 0 Å². The Bertz CT molecular complexity index is 262. The van der Waals surface area contributed by atoms with Gasteiger partial charge in [0.2, 0.25) is 0 Å². The Balaban J connectivity index is 1.55. The van der Waals surface area contributed by atoms with E-state index in [4.69, 9.17) is 0 Å². The van der Waals surface area contributed by atoms with Gasteiger partial charge in [0.25, 0.3) is 0 Å². The second kappa shape index (κ2) is 4.01. The van der Waals surface area contributed by atoms with Crippen LogP contribution in [0.5, 0.6) is 0 Å². The Hall–Kier alpha value is -0.0400. The second-order valence-corrected chi connectivity index (χ2v) is 6.82. The zero-order chi connectivity index (χ0) is 11.2. The molecule has 3 rings (SSSR count). The molecule has 0 bridgehead atoms. The normalized spacial score (nSPS) is 49.1. The van der Waals surface area contributed by atoms with Gasteiger partial charge in [0, 0.05) is 5.54 Å². The number of rotatable bonds is 5. The molecule has 0 radical (unpaired) electrons. The molecule has 3 saturated carbocycles. The van der Waals surface area contributed by atoms with Crippen LogP contribution < -0.4 is 5.32 Å². The lowest BCUT2D eigenvalue weighted by atomic mass is 9.39. The number of nitrogens with one attached hydrogen (secondary N) is 1. The molecule has 3 aliphatic carbocycles. The predicted octanol–water partition coefficient (Wildman–Crippen LogP) is 3.59. The molecule has 0 aromatic carbocycles. The zero-order valence-electron chi connectivity index (χ0n) is 11.0. The number of hydrogen-bond acceptors (Lipinski definition) is 1. The molecule has 0 heterocycles. The van der Waals surface area contributed by atoms with Gasteiger partial charge in [0.15, 0.2) is 0 Å². The summed E-state index contributed by atoms with van der Waals surface area (Å²) in [5, 5.41) is 3.96. The standard InChI is InChI=1S/C15H27N/c1-3-4-5-6-16-15-9-11(2)7-12-8-13(10-15)14(12)15/h11-14,16H,3-10H2,1-2H3. The highest BCUT2D eigenvalue weighted by molar-refractivity contribution is 5.18. The van der Waals surface area contributed by atoms with E-state index in [1.807, 2.05) is 0 Å². The summed E-state index contributed by atoms with van der Waals surface area (Å²) in [6.45, 7) is 6.04. The summed E-state index contributed by atoms with van der Waals surface area (Å²) < 4.78 is 0. The van der Waals surface area contributed by atoms with Crippen LogP contribution in [0, 0.1) is 23.7 Å². The zero-order valence-corrected chi connectivity index (χ0v) is 11.0. The summed E-state index contributed by atoms with van der Waals surface area (Å²) in [4.78, 5) is 0. The van der Waals surface area contributed by atoms with E-state index in [1.54, 1.807) is 6.42 Å². The van der Waals surface area contributed by atoms with Crippen molar-refractivity contribution in [1.82, 2.24) is 5.32 Å². The van der Waals surface area contributed by atoms with Gasteiger partial charge >= 0.3 is 0 Å². The summed E-state index contributed by atoms with van der Waals surface area (Å²) in [5.74, 6) is 4.28. The average molecular weight is 221 g/mol. The first-order valence-corrected chi connectivity index (χ1v) is 7.50. The molecule has 3 aliphatic rings. The van der Waals surface area contributed by atoms with Crippen LogP contribution in [0.3, 0.4) is 0 Å². The van der Waals surface area contributed by atoms with Crippen LogP contribution >= 0.6 is 0 Å². The summed E-state index contributed by atoms with van der Waals surface area (Å²) in [5.41, 5.74) is 0.610. The van der Waals surface area contributed by atoms with E-state index in [2.05, 4.69) is 19.2 Å². The van der Waals surface area contributed by atoms with Crippen molar-refractivity contribution in [2.24, 2.45) is 23.7 Å². The molecule has 0 saturated heterocycles. The van der Waals surface area contributed by atoms with Gasteiger partial charge in [-0.05, 0) is 62.3 Å².